The summed E-state index contributed by atoms with van der Waals surface area (Å²) in [5, 5.41) is 2.61. The van der Waals surface area contributed by atoms with Gasteiger partial charge in [-0.1, -0.05) is 0 Å². The number of carbonyl (C=O) groups excluding carboxylic acids is 1. The van der Waals surface area contributed by atoms with Crippen LogP contribution in [0, 0.1) is 5.82 Å². The number of anilines is 1. The van der Waals surface area contributed by atoms with Gasteiger partial charge in [0, 0.05) is 18.9 Å². The highest BCUT2D eigenvalue weighted by molar-refractivity contribution is 9.10. The molecular weight excluding hydrogens is 429 g/mol. The molecule has 1 fully saturated rings. The highest BCUT2D eigenvalue weighted by Crippen LogP contribution is 2.23. The van der Waals surface area contributed by atoms with Gasteiger partial charge in [0.25, 0.3) is 5.91 Å². The molecule has 2 aromatic rings. The molecular formula is C16H17BrFN3O4S. The number of ether oxygens (including phenoxy) is 1. The third kappa shape index (κ3) is 3.83. The number of benzene rings is 1. The molecule has 2 heterocycles. The van der Waals surface area contributed by atoms with Crippen LogP contribution in [0.3, 0.4) is 0 Å². The lowest BCUT2D eigenvalue weighted by Gasteiger charge is -2.38. The van der Waals surface area contributed by atoms with E-state index in [4.69, 9.17) is 4.74 Å². The van der Waals surface area contributed by atoms with Crippen LogP contribution in [0.15, 0.2) is 39.8 Å². The summed E-state index contributed by atoms with van der Waals surface area (Å²) in [4.78, 5) is 12.4. The van der Waals surface area contributed by atoms with E-state index in [-0.39, 0.29) is 15.1 Å². The van der Waals surface area contributed by atoms with E-state index in [2.05, 4.69) is 26.0 Å². The van der Waals surface area contributed by atoms with Crippen LogP contribution in [-0.4, -0.2) is 37.6 Å². The fourth-order valence-electron chi connectivity index (χ4n) is 2.53. The quantitative estimate of drug-likeness (QED) is 0.738. The van der Waals surface area contributed by atoms with Gasteiger partial charge in [-0.05, 0) is 47.1 Å². The number of halogens is 2. The second-order valence-electron chi connectivity index (χ2n) is 6.41. The minimum absolute atomic E-state index is 0.0152. The summed E-state index contributed by atoms with van der Waals surface area (Å²) in [7, 11) is -2.22. The van der Waals surface area contributed by atoms with Crippen molar-refractivity contribution in [1.82, 2.24) is 9.29 Å². The van der Waals surface area contributed by atoms with Crippen LogP contribution >= 0.6 is 15.9 Å². The van der Waals surface area contributed by atoms with Crippen molar-refractivity contribution in [2.45, 2.75) is 17.4 Å². The van der Waals surface area contributed by atoms with Crippen molar-refractivity contribution in [2.24, 2.45) is 7.05 Å². The molecule has 1 aromatic heterocycles. The van der Waals surface area contributed by atoms with E-state index < -0.39 is 27.3 Å². The van der Waals surface area contributed by atoms with E-state index in [1.807, 2.05) is 0 Å². The van der Waals surface area contributed by atoms with Gasteiger partial charge in [0.2, 0.25) is 10.0 Å². The first-order valence-electron chi connectivity index (χ1n) is 7.64. The molecule has 0 unspecified atom stereocenters. The Labute approximate surface area is 158 Å². The molecule has 1 aromatic carbocycles. The Morgan fingerprint density at radius 1 is 1.35 bits per heavy atom. The van der Waals surface area contributed by atoms with Crippen molar-refractivity contribution in [3.05, 3.63) is 46.4 Å². The maximum Gasteiger partial charge on any atom is 0.272 e. The third-order valence-electron chi connectivity index (χ3n) is 3.92. The molecule has 0 spiro atoms. The number of hydrogen-bond acceptors (Lipinski definition) is 4. The molecule has 0 saturated carbocycles. The number of sulfonamides is 1. The van der Waals surface area contributed by atoms with Crippen LogP contribution in [0.4, 0.5) is 10.1 Å². The topological polar surface area (TPSA) is 89.4 Å². The van der Waals surface area contributed by atoms with Gasteiger partial charge in [0.05, 0.1) is 23.2 Å². The van der Waals surface area contributed by atoms with E-state index in [1.54, 1.807) is 14.0 Å². The van der Waals surface area contributed by atoms with Crippen molar-refractivity contribution in [1.29, 1.82) is 0 Å². The number of aromatic nitrogens is 1. The summed E-state index contributed by atoms with van der Waals surface area (Å²) in [6, 6.07) is 5.34. The average molecular weight is 446 g/mol. The van der Waals surface area contributed by atoms with Gasteiger partial charge < -0.3 is 14.6 Å². The van der Waals surface area contributed by atoms with Gasteiger partial charge in [0.1, 0.15) is 16.4 Å². The molecule has 7 nitrogen and oxygen atoms in total. The van der Waals surface area contributed by atoms with Crippen molar-refractivity contribution in [3.8, 4) is 0 Å². The fourth-order valence-corrected chi connectivity index (χ4v) is 4.35. The molecule has 1 saturated heterocycles. The van der Waals surface area contributed by atoms with Gasteiger partial charge in [-0.3, -0.25) is 4.79 Å². The molecule has 0 aliphatic carbocycles. The molecule has 2 N–H and O–H groups in total. The lowest BCUT2D eigenvalue weighted by molar-refractivity contribution is -0.0523. The van der Waals surface area contributed by atoms with E-state index in [0.717, 1.165) is 0 Å². The van der Waals surface area contributed by atoms with Crippen LogP contribution in [0.2, 0.25) is 0 Å². The molecule has 1 aliphatic rings. The number of carbonyl (C=O) groups is 1. The standard InChI is InChI=1S/C16H17BrFN3O4S/c1-16(8-25-9-16)20-26(23,24)11-6-14(21(2)7-11)15(22)19-10-3-4-13(18)12(17)5-10/h3-7,20H,8-9H2,1-2H3,(H,19,22). The number of nitrogens with zero attached hydrogens (tertiary/aromatic N) is 1. The lowest BCUT2D eigenvalue weighted by Crippen LogP contribution is -2.59. The van der Waals surface area contributed by atoms with Crippen molar-refractivity contribution >= 4 is 37.5 Å². The number of amides is 1. The van der Waals surface area contributed by atoms with Gasteiger partial charge in [-0.15, -0.1) is 0 Å². The zero-order chi connectivity index (χ0) is 19.1. The SMILES string of the molecule is Cn1cc(S(=O)(=O)NC2(C)COC2)cc1C(=O)Nc1ccc(F)c(Br)c1. The maximum absolute atomic E-state index is 13.3. The predicted octanol–water partition coefficient (Wildman–Crippen LogP) is 2.25. The normalized spacial score (nSPS) is 16.2. The second kappa shape index (κ2) is 6.76. The Hall–Kier alpha value is -1.75. The van der Waals surface area contributed by atoms with Gasteiger partial charge in [-0.25, -0.2) is 17.5 Å². The third-order valence-corrected chi connectivity index (χ3v) is 6.14. The van der Waals surface area contributed by atoms with Crippen LogP contribution in [-0.2, 0) is 21.8 Å². The first-order valence-corrected chi connectivity index (χ1v) is 9.92. The Morgan fingerprint density at radius 2 is 2.04 bits per heavy atom. The van der Waals surface area contributed by atoms with Gasteiger partial charge >= 0.3 is 0 Å². The van der Waals surface area contributed by atoms with E-state index in [1.165, 1.54) is 35.0 Å². The van der Waals surface area contributed by atoms with Crippen LogP contribution in [0.5, 0.6) is 0 Å². The van der Waals surface area contributed by atoms with Crippen molar-refractivity contribution in [2.75, 3.05) is 18.5 Å². The molecule has 3 rings (SSSR count). The molecule has 0 atom stereocenters. The predicted molar refractivity (Wildman–Crippen MR) is 97.0 cm³/mol. The summed E-state index contributed by atoms with van der Waals surface area (Å²) < 4.78 is 47.6. The zero-order valence-corrected chi connectivity index (χ0v) is 16.4. The number of hydrogen-bond donors (Lipinski definition) is 2. The number of aryl methyl sites for hydroxylation is 1. The van der Waals surface area contributed by atoms with Crippen LogP contribution in [0.25, 0.3) is 0 Å². The number of rotatable bonds is 5. The zero-order valence-electron chi connectivity index (χ0n) is 14.0. The molecule has 10 heteroatoms. The van der Waals surface area contributed by atoms with E-state index in [0.29, 0.717) is 18.9 Å². The Balaban J connectivity index is 1.80. The van der Waals surface area contributed by atoms with Crippen molar-refractivity contribution in [3.63, 3.8) is 0 Å². The molecule has 0 bridgehead atoms. The maximum atomic E-state index is 13.3. The Kier molecular flexibility index (Phi) is 4.95. The minimum Gasteiger partial charge on any atom is -0.377 e. The Morgan fingerprint density at radius 3 is 2.62 bits per heavy atom. The van der Waals surface area contributed by atoms with E-state index >= 15 is 0 Å². The van der Waals surface area contributed by atoms with Crippen molar-refractivity contribution < 1.29 is 22.3 Å². The summed E-state index contributed by atoms with van der Waals surface area (Å²) in [5.74, 6) is -0.958. The monoisotopic (exact) mass is 445 g/mol. The molecule has 0 radical (unpaired) electrons. The molecule has 26 heavy (non-hydrogen) atoms. The first-order chi connectivity index (χ1) is 12.1. The van der Waals surface area contributed by atoms with E-state index in [9.17, 15) is 17.6 Å². The summed E-state index contributed by atoms with van der Waals surface area (Å²) in [5.41, 5.74) is -0.107. The van der Waals surface area contributed by atoms with Crippen LogP contribution in [0.1, 0.15) is 17.4 Å². The minimum atomic E-state index is -3.79. The summed E-state index contributed by atoms with van der Waals surface area (Å²) >= 11 is 3.05. The molecule has 1 aliphatic heterocycles. The summed E-state index contributed by atoms with van der Waals surface area (Å²) in [6.45, 7) is 2.34. The van der Waals surface area contributed by atoms with Gasteiger partial charge in [-0.2, -0.15) is 0 Å². The molecule has 1 amide bonds. The summed E-state index contributed by atoms with van der Waals surface area (Å²) in [6.07, 6.45) is 1.36. The van der Waals surface area contributed by atoms with Gasteiger partial charge in [0.15, 0.2) is 0 Å². The first kappa shape index (κ1) is 19.0. The largest absolute Gasteiger partial charge is 0.377 e. The smallest absolute Gasteiger partial charge is 0.272 e. The molecule has 140 valence electrons. The lowest BCUT2D eigenvalue weighted by atomic mass is 10.0. The second-order valence-corrected chi connectivity index (χ2v) is 8.95. The Bertz CT molecular complexity index is 970. The number of nitrogens with one attached hydrogen (secondary N) is 2. The fraction of sp³-hybridized carbons (Fsp3) is 0.312. The van der Waals surface area contributed by atoms with Crippen LogP contribution < -0.4 is 10.0 Å². The average Bonchev–Trinajstić information content (AvgIpc) is 2.92. The highest BCUT2D eigenvalue weighted by atomic mass is 79.9. The highest BCUT2D eigenvalue weighted by Gasteiger charge is 2.38.